The van der Waals surface area contributed by atoms with Gasteiger partial charge in [0, 0.05) is 11.9 Å². The molecule has 0 saturated carbocycles. The molecule has 0 radical (unpaired) electrons. The smallest absolute Gasteiger partial charge is 0.329 e. The number of hydrogen-bond acceptors (Lipinski definition) is 5. The molecule has 2 aromatic rings. The van der Waals surface area contributed by atoms with Gasteiger partial charge in [0.1, 0.15) is 16.2 Å². The van der Waals surface area contributed by atoms with Gasteiger partial charge in [-0.2, -0.15) is 0 Å². The second-order valence-electron chi connectivity index (χ2n) is 5.15. The molecule has 110 valence electrons. The van der Waals surface area contributed by atoms with E-state index in [0.29, 0.717) is 25.1 Å². The number of aliphatic carboxylic acids is 1. The normalized spacial score (nSPS) is 21.7. The van der Waals surface area contributed by atoms with Crippen molar-refractivity contribution in [3.63, 3.8) is 0 Å². The van der Waals surface area contributed by atoms with Crippen LogP contribution in [0, 0.1) is 0 Å². The molecular weight excluding hydrogens is 308 g/mol. The van der Waals surface area contributed by atoms with E-state index in [9.17, 15) is 14.7 Å². The van der Waals surface area contributed by atoms with Crippen molar-refractivity contribution in [3.05, 3.63) is 28.6 Å². The highest BCUT2D eigenvalue weighted by Crippen LogP contribution is 2.33. The summed E-state index contributed by atoms with van der Waals surface area (Å²) in [6.07, 6.45) is 1.19. The van der Waals surface area contributed by atoms with Crippen LogP contribution in [0.25, 0.3) is 9.88 Å². The summed E-state index contributed by atoms with van der Waals surface area (Å²) < 4.78 is 0. The van der Waals surface area contributed by atoms with Gasteiger partial charge in [-0.05, 0) is 31.2 Å². The highest BCUT2D eigenvalue weighted by Gasteiger charge is 2.46. The van der Waals surface area contributed by atoms with E-state index in [0.717, 1.165) is 9.88 Å². The maximum Gasteiger partial charge on any atom is 0.329 e. The zero-order valence-electron chi connectivity index (χ0n) is 11.4. The van der Waals surface area contributed by atoms with Crippen LogP contribution in [-0.2, 0) is 4.79 Å². The van der Waals surface area contributed by atoms with E-state index in [1.54, 1.807) is 23.6 Å². The molecule has 1 atom stereocenters. The van der Waals surface area contributed by atoms with Crippen LogP contribution in [0.5, 0.6) is 0 Å². The van der Waals surface area contributed by atoms with E-state index in [2.05, 4.69) is 4.98 Å². The molecule has 1 aliphatic heterocycles. The van der Waals surface area contributed by atoms with Crippen molar-refractivity contribution < 1.29 is 14.7 Å². The van der Waals surface area contributed by atoms with Crippen LogP contribution in [0.2, 0.25) is 0 Å². The molecular formula is C14H14N2O3S2. The Morgan fingerprint density at radius 2 is 2.24 bits per heavy atom. The Balaban J connectivity index is 1.87. The van der Waals surface area contributed by atoms with Gasteiger partial charge in [0.15, 0.2) is 0 Å². The summed E-state index contributed by atoms with van der Waals surface area (Å²) in [5.41, 5.74) is -0.790. The van der Waals surface area contributed by atoms with Gasteiger partial charge in [0.25, 0.3) is 5.91 Å². The molecule has 1 N–H and O–H groups in total. The van der Waals surface area contributed by atoms with Crippen LogP contribution in [0.1, 0.15) is 30.3 Å². The zero-order valence-corrected chi connectivity index (χ0v) is 13.0. The van der Waals surface area contributed by atoms with E-state index < -0.39 is 11.5 Å². The summed E-state index contributed by atoms with van der Waals surface area (Å²) in [5.74, 6) is -1.25. The minimum atomic E-state index is -1.12. The van der Waals surface area contributed by atoms with Crippen LogP contribution in [-0.4, -0.2) is 39.0 Å². The van der Waals surface area contributed by atoms with E-state index in [1.807, 2.05) is 17.5 Å². The number of nitrogens with zero attached hydrogens (tertiary/aromatic N) is 2. The lowest BCUT2D eigenvalue weighted by molar-refractivity contribution is -0.147. The van der Waals surface area contributed by atoms with Crippen molar-refractivity contribution in [1.82, 2.24) is 9.88 Å². The van der Waals surface area contributed by atoms with Gasteiger partial charge >= 0.3 is 5.97 Å². The molecule has 21 heavy (non-hydrogen) atoms. The summed E-state index contributed by atoms with van der Waals surface area (Å²) >= 11 is 2.97. The number of hydrogen-bond donors (Lipinski definition) is 1. The molecule has 1 unspecified atom stereocenters. The standard InChI is InChI=1S/C14H14N2O3S2/c1-14(13(18)19)5-3-6-16(14)12(17)9-8-21-11(15-9)10-4-2-7-20-10/h2,4,7-8H,3,5-6H2,1H3,(H,18,19). The van der Waals surface area contributed by atoms with Gasteiger partial charge in [-0.15, -0.1) is 22.7 Å². The van der Waals surface area contributed by atoms with Crippen molar-refractivity contribution in [2.45, 2.75) is 25.3 Å². The fraction of sp³-hybridized carbons (Fsp3) is 0.357. The molecule has 5 nitrogen and oxygen atoms in total. The first-order valence-electron chi connectivity index (χ1n) is 6.57. The van der Waals surface area contributed by atoms with Crippen molar-refractivity contribution in [1.29, 1.82) is 0 Å². The summed E-state index contributed by atoms with van der Waals surface area (Å²) in [6, 6.07) is 3.89. The number of likely N-dealkylation sites (tertiary alicyclic amines) is 1. The fourth-order valence-electron chi connectivity index (χ4n) is 2.53. The first-order chi connectivity index (χ1) is 10.0. The molecule has 3 heterocycles. The lowest BCUT2D eigenvalue weighted by atomic mass is 9.99. The molecule has 0 aliphatic carbocycles. The third-order valence-corrected chi connectivity index (χ3v) is 5.68. The van der Waals surface area contributed by atoms with Gasteiger partial charge in [-0.25, -0.2) is 9.78 Å². The third-order valence-electron chi connectivity index (χ3n) is 3.80. The van der Waals surface area contributed by atoms with Gasteiger partial charge in [-0.3, -0.25) is 4.79 Å². The Morgan fingerprint density at radius 1 is 1.43 bits per heavy atom. The van der Waals surface area contributed by atoms with Crippen LogP contribution in [0.4, 0.5) is 0 Å². The third kappa shape index (κ3) is 2.36. The average Bonchev–Trinajstić information content (AvgIpc) is 3.18. The van der Waals surface area contributed by atoms with E-state index >= 15 is 0 Å². The molecule has 2 aromatic heterocycles. The Kier molecular flexibility index (Phi) is 3.54. The number of thiazole rings is 1. The van der Waals surface area contributed by atoms with Crippen molar-refractivity contribution in [2.75, 3.05) is 6.54 Å². The number of amides is 1. The Labute approximate surface area is 129 Å². The van der Waals surface area contributed by atoms with Crippen molar-refractivity contribution in [2.24, 2.45) is 0 Å². The molecule has 1 aliphatic rings. The lowest BCUT2D eigenvalue weighted by Gasteiger charge is -2.30. The Bertz CT molecular complexity index is 680. The van der Waals surface area contributed by atoms with E-state index in [4.69, 9.17) is 0 Å². The Morgan fingerprint density at radius 3 is 2.90 bits per heavy atom. The topological polar surface area (TPSA) is 70.5 Å². The largest absolute Gasteiger partial charge is 0.480 e. The molecule has 0 aromatic carbocycles. The fourth-order valence-corrected chi connectivity index (χ4v) is 4.14. The van der Waals surface area contributed by atoms with Crippen molar-refractivity contribution >= 4 is 34.6 Å². The van der Waals surface area contributed by atoms with Gasteiger partial charge in [0.2, 0.25) is 0 Å². The van der Waals surface area contributed by atoms with Gasteiger partial charge < -0.3 is 10.0 Å². The molecule has 7 heteroatoms. The SMILES string of the molecule is CC1(C(=O)O)CCCN1C(=O)c1csc(-c2cccs2)n1. The number of thiophene rings is 1. The number of carbonyl (C=O) groups excluding carboxylic acids is 1. The molecule has 1 fully saturated rings. The number of carboxylic acid groups (broad SMARTS) is 1. The minimum Gasteiger partial charge on any atom is -0.480 e. The highest BCUT2D eigenvalue weighted by atomic mass is 32.1. The number of aromatic nitrogens is 1. The lowest BCUT2D eigenvalue weighted by Crippen LogP contribution is -2.50. The van der Waals surface area contributed by atoms with E-state index in [-0.39, 0.29) is 5.91 Å². The Hall–Kier alpha value is -1.73. The molecule has 0 bridgehead atoms. The summed E-state index contributed by atoms with van der Waals surface area (Å²) in [7, 11) is 0. The second kappa shape index (κ2) is 5.23. The average molecular weight is 322 g/mol. The maximum absolute atomic E-state index is 12.6. The maximum atomic E-state index is 12.6. The molecule has 1 saturated heterocycles. The zero-order chi connectivity index (χ0) is 15.0. The molecule has 3 rings (SSSR count). The monoisotopic (exact) mass is 322 g/mol. The van der Waals surface area contributed by atoms with Crippen LogP contribution in [0.3, 0.4) is 0 Å². The minimum absolute atomic E-state index is 0.295. The first kappa shape index (κ1) is 14.2. The van der Waals surface area contributed by atoms with Crippen molar-refractivity contribution in [3.8, 4) is 9.88 Å². The summed E-state index contributed by atoms with van der Waals surface area (Å²) in [6.45, 7) is 2.07. The van der Waals surface area contributed by atoms with Crippen LogP contribution < -0.4 is 0 Å². The number of rotatable bonds is 3. The predicted molar refractivity (Wildman–Crippen MR) is 81.7 cm³/mol. The second-order valence-corrected chi connectivity index (χ2v) is 6.96. The quantitative estimate of drug-likeness (QED) is 0.943. The van der Waals surface area contributed by atoms with Gasteiger partial charge in [-0.1, -0.05) is 6.07 Å². The van der Waals surface area contributed by atoms with Gasteiger partial charge in [0.05, 0.1) is 4.88 Å². The van der Waals surface area contributed by atoms with Crippen LogP contribution in [0.15, 0.2) is 22.9 Å². The summed E-state index contributed by atoms with van der Waals surface area (Å²) in [4.78, 5) is 30.8. The summed E-state index contributed by atoms with van der Waals surface area (Å²) in [5, 5.41) is 13.8. The molecule has 1 amide bonds. The highest BCUT2D eigenvalue weighted by molar-refractivity contribution is 7.20. The first-order valence-corrected chi connectivity index (χ1v) is 8.33. The van der Waals surface area contributed by atoms with Crippen LogP contribution >= 0.6 is 22.7 Å². The van der Waals surface area contributed by atoms with E-state index in [1.165, 1.54) is 16.2 Å². The number of carboxylic acids is 1. The number of carbonyl (C=O) groups is 2. The predicted octanol–water partition coefficient (Wildman–Crippen LogP) is 2.95. The molecule has 0 spiro atoms.